The third-order valence-corrected chi connectivity index (χ3v) is 0.183. The average molecular weight is 356 g/mol. The second-order valence-electron chi connectivity index (χ2n) is 0.610. The van der Waals surface area contributed by atoms with Gasteiger partial charge >= 0.3 is 11.9 Å². The zero-order valence-electron chi connectivity index (χ0n) is 4.71. The molecule has 0 rings (SSSR count). The maximum Gasteiger partial charge on any atom is 0.414 e. The van der Waals surface area contributed by atoms with Gasteiger partial charge in [0.15, 0.2) is 0 Å². The van der Waals surface area contributed by atoms with Gasteiger partial charge in [0.05, 0.1) is 0 Å². The summed E-state index contributed by atoms with van der Waals surface area (Å²) in [5.74, 6) is -3.65. The minimum absolute atomic E-state index is 0. The number of aliphatic carboxylic acids is 2. The molecule has 2 radical (unpaired) electrons. The van der Waals surface area contributed by atoms with Gasteiger partial charge < -0.3 is 10.2 Å². The summed E-state index contributed by atoms with van der Waals surface area (Å²) >= 11 is 0. The summed E-state index contributed by atoms with van der Waals surface area (Å²) in [6.07, 6.45) is 0. The molecule has 0 aromatic rings. The third-order valence-electron chi connectivity index (χ3n) is 0.183. The van der Waals surface area contributed by atoms with E-state index in [1.54, 1.807) is 0 Å². The number of hydrogen-bond acceptors (Lipinski definition) is 2. The summed E-state index contributed by atoms with van der Waals surface area (Å²) in [6, 6.07) is 0. The Kier molecular flexibility index (Phi) is 21.6. The van der Waals surface area contributed by atoms with Crippen LogP contribution in [-0.4, -0.2) is 160 Å². The van der Waals surface area contributed by atoms with E-state index in [1.807, 2.05) is 0 Å². The number of rotatable bonds is 0. The van der Waals surface area contributed by atoms with Crippen molar-refractivity contribution in [3.8, 4) is 0 Å². The molecular formula is C2H2Cs2O4. The van der Waals surface area contributed by atoms with E-state index in [-0.39, 0.29) is 138 Å². The van der Waals surface area contributed by atoms with Crippen LogP contribution in [0.4, 0.5) is 0 Å². The fourth-order valence-corrected chi connectivity index (χ4v) is 0. The van der Waals surface area contributed by atoms with Crippen molar-refractivity contribution in [3.05, 3.63) is 0 Å². The Bertz CT molecular complexity index is 78.0. The SMILES string of the molecule is O=C(O)C(=O)O.[Cs].[Cs]. The molecule has 0 atom stereocenters. The van der Waals surface area contributed by atoms with Crippen LogP contribution >= 0.6 is 0 Å². The maximum atomic E-state index is 9.10. The molecule has 0 saturated heterocycles. The summed E-state index contributed by atoms with van der Waals surface area (Å²) in [6.45, 7) is 0. The predicted octanol–water partition coefficient (Wildman–Crippen LogP) is -1.61. The van der Waals surface area contributed by atoms with Crippen molar-refractivity contribution in [1.29, 1.82) is 0 Å². The van der Waals surface area contributed by atoms with Gasteiger partial charge in [0, 0.05) is 138 Å². The van der Waals surface area contributed by atoms with Gasteiger partial charge in [-0.1, -0.05) is 0 Å². The zero-order chi connectivity index (χ0) is 5.15. The van der Waals surface area contributed by atoms with Crippen molar-refractivity contribution in [3.63, 3.8) is 0 Å². The number of carboxylic acid groups (broad SMARTS) is 2. The second kappa shape index (κ2) is 10.0. The van der Waals surface area contributed by atoms with Gasteiger partial charge in [-0.25, -0.2) is 9.59 Å². The van der Waals surface area contributed by atoms with Crippen LogP contribution in [-0.2, 0) is 9.59 Å². The van der Waals surface area contributed by atoms with E-state index in [4.69, 9.17) is 19.8 Å². The first-order valence-corrected chi connectivity index (χ1v) is 1.11. The van der Waals surface area contributed by atoms with Crippen LogP contribution < -0.4 is 0 Å². The molecule has 0 unspecified atom stereocenters. The van der Waals surface area contributed by atoms with E-state index in [2.05, 4.69) is 0 Å². The quantitative estimate of drug-likeness (QED) is 0.513. The van der Waals surface area contributed by atoms with Crippen molar-refractivity contribution < 1.29 is 19.8 Å². The van der Waals surface area contributed by atoms with Crippen molar-refractivity contribution in [2.75, 3.05) is 0 Å². The predicted molar refractivity (Wildman–Crippen MR) is 26.8 cm³/mol. The Morgan fingerprint density at radius 3 is 1.00 bits per heavy atom. The van der Waals surface area contributed by atoms with Gasteiger partial charge in [0.2, 0.25) is 0 Å². The zero-order valence-corrected chi connectivity index (χ0v) is 17.3. The fourth-order valence-electron chi connectivity index (χ4n) is 0. The van der Waals surface area contributed by atoms with Crippen molar-refractivity contribution in [2.45, 2.75) is 0 Å². The summed E-state index contributed by atoms with van der Waals surface area (Å²) in [7, 11) is 0. The average Bonchev–Trinajstić information content (AvgIpc) is 1.36. The molecule has 0 aliphatic rings. The van der Waals surface area contributed by atoms with Crippen LogP contribution in [0.3, 0.4) is 0 Å². The van der Waals surface area contributed by atoms with Crippen LogP contribution in [0.1, 0.15) is 0 Å². The normalized spacial score (nSPS) is 5.50. The molecule has 0 aromatic carbocycles. The molecule has 0 amide bonds. The van der Waals surface area contributed by atoms with Gasteiger partial charge in [-0.3, -0.25) is 0 Å². The van der Waals surface area contributed by atoms with Gasteiger partial charge in [0.1, 0.15) is 0 Å². The molecule has 0 saturated carbocycles. The Morgan fingerprint density at radius 2 is 1.00 bits per heavy atom. The van der Waals surface area contributed by atoms with Crippen LogP contribution in [0, 0.1) is 0 Å². The van der Waals surface area contributed by atoms with Crippen molar-refractivity contribution >= 4 is 150 Å². The Hall–Kier alpha value is 3.04. The standard InChI is InChI=1S/C2H2O4.2Cs/c3-1(4)2(5)6;;/h(H,3,4)(H,5,6);;. The first kappa shape index (κ1) is 17.2. The molecule has 0 aliphatic heterocycles. The largest absolute Gasteiger partial charge is 0.473 e. The second-order valence-corrected chi connectivity index (χ2v) is 0.610. The van der Waals surface area contributed by atoms with Gasteiger partial charge in [0.25, 0.3) is 0 Å². The number of carbonyl (C=O) groups is 2. The fraction of sp³-hybridized carbons (Fsp3) is 0. The van der Waals surface area contributed by atoms with E-state index in [0.717, 1.165) is 0 Å². The maximum absolute atomic E-state index is 9.10. The molecule has 0 bridgehead atoms. The van der Waals surface area contributed by atoms with E-state index in [9.17, 15) is 0 Å². The molecule has 6 heteroatoms. The molecule has 8 heavy (non-hydrogen) atoms. The first-order chi connectivity index (χ1) is 2.64. The van der Waals surface area contributed by atoms with Gasteiger partial charge in [-0.2, -0.15) is 0 Å². The molecule has 4 nitrogen and oxygen atoms in total. The molecule has 2 N–H and O–H groups in total. The molecule has 0 aliphatic carbocycles. The molecule has 0 fully saturated rings. The Labute approximate surface area is 164 Å². The summed E-state index contributed by atoms with van der Waals surface area (Å²) in [4.78, 5) is 18.2. The molecule has 0 spiro atoms. The van der Waals surface area contributed by atoms with Gasteiger partial charge in [-0.05, 0) is 0 Å². The molecule has 0 heterocycles. The van der Waals surface area contributed by atoms with Crippen molar-refractivity contribution in [2.24, 2.45) is 0 Å². The Morgan fingerprint density at radius 1 is 0.875 bits per heavy atom. The topological polar surface area (TPSA) is 74.6 Å². The third kappa shape index (κ3) is 11.8. The summed E-state index contributed by atoms with van der Waals surface area (Å²) in [5.41, 5.74) is 0. The van der Waals surface area contributed by atoms with E-state index in [1.165, 1.54) is 0 Å². The van der Waals surface area contributed by atoms with Crippen LogP contribution in [0.25, 0.3) is 0 Å². The van der Waals surface area contributed by atoms with E-state index < -0.39 is 11.9 Å². The summed E-state index contributed by atoms with van der Waals surface area (Å²) in [5, 5.41) is 14.8. The Balaban J connectivity index is -0.000000125. The number of carboxylic acids is 2. The van der Waals surface area contributed by atoms with Crippen molar-refractivity contribution in [1.82, 2.24) is 0 Å². The summed E-state index contributed by atoms with van der Waals surface area (Å²) < 4.78 is 0. The minimum atomic E-state index is -1.82. The van der Waals surface area contributed by atoms with Crippen LogP contribution in [0.15, 0.2) is 0 Å². The van der Waals surface area contributed by atoms with E-state index in [0.29, 0.717) is 0 Å². The molecule has 0 aromatic heterocycles. The monoisotopic (exact) mass is 356 g/mol. The molecular weight excluding hydrogens is 354 g/mol. The van der Waals surface area contributed by atoms with Crippen LogP contribution in [0.5, 0.6) is 0 Å². The van der Waals surface area contributed by atoms with Gasteiger partial charge in [-0.15, -0.1) is 0 Å². The minimum Gasteiger partial charge on any atom is -0.473 e. The number of hydrogen-bond donors (Lipinski definition) is 2. The first-order valence-electron chi connectivity index (χ1n) is 1.11. The smallest absolute Gasteiger partial charge is 0.414 e. The van der Waals surface area contributed by atoms with E-state index >= 15 is 0 Å². The van der Waals surface area contributed by atoms with Crippen LogP contribution in [0.2, 0.25) is 0 Å². The molecule has 36 valence electrons.